The Bertz CT molecular complexity index is 485. The first kappa shape index (κ1) is 15.1. The first-order valence-electron chi connectivity index (χ1n) is 6.92. The predicted molar refractivity (Wildman–Crippen MR) is 80.1 cm³/mol. The summed E-state index contributed by atoms with van der Waals surface area (Å²) in [5, 5.41) is 3.70. The van der Waals surface area contributed by atoms with Crippen LogP contribution in [0.1, 0.15) is 31.2 Å². The monoisotopic (exact) mass is 296 g/mol. The van der Waals surface area contributed by atoms with E-state index in [0.717, 1.165) is 31.2 Å². The number of ether oxygens (including phenoxy) is 1. The van der Waals surface area contributed by atoms with Gasteiger partial charge in [0.2, 0.25) is 5.91 Å². The number of halogens is 1. The van der Waals surface area contributed by atoms with Crippen LogP contribution in [0.15, 0.2) is 18.2 Å². The maximum absolute atomic E-state index is 12.2. The van der Waals surface area contributed by atoms with E-state index in [0.29, 0.717) is 17.3 Å². The maximum atomic E-state index is 12.2. The number of nitrogens with one attached hydrogen (secondary N) is 1. The normalized spacial score (nSPS) is 16.9. The Kier molecular flexibility index (Phi) is 4.89. The third kappa shape index (κ3) is 3.44. The summed E-state index contributed by atoms with van der Waals surface area (Å²) in [5.74, 6) is 0.649. The van der Waals surface area contributed by atoms with Crippen molar-refractivity contribution in [1.29, 1.82) is 0 Å². The van der Waals surface area contributed by atoms with Crippen molar-refractivity contribution in [2.24, 2.45) is 5.73 Å². The Morgan fingerprint density at radius 1 is 1.45 bits per heavy atom. The van der Waals surface area contributed by atoms with Gasteiger partial charge in [0.1, 0.15) is 5.75 Å². The van der Waals surface area contributed by atoms with Gasteiger partial charge in [-0.1, -0.05) is 24.4 Å². The van der Waals surface area contributed by atoms with E-state index < -0.39 is 0 Å². The Labute approximate surface area is 124 Å². The fraction of sp³-hybridized carbons (Fsp3) is 0.533. The zero-order valence-electron chi connectivity index (χ0n) is 11.7. The summed E-state index contributed by atoms with van der Waals surface area (Å²) in [6.07, 6.45) is 4.42. The fourth-order valence-corrected chi connectivity index (χ4v) is 3.02. The zero-order valence-corrected chi connectivity index (χ0v) is 12.5. The summed E-state index contributed by atoms with van der Waals surface area (Å²) < 4.78 is 5.26. The summed E-state index contributed by atoms with van der Waals surface area (Å²) in [4.78, 5) is 12.2. The van der Waals surface area contributed by atoms with Crippen molar-refractivity contribution in [2.75, 3.05) is 13.7 Å². The molecule has 3 N–H and O–H groups in total. The minimum Gasteiger partial charge on any atom is -0.496 e. The van der Waals surface area contributed by atoms with Gasteiger partial charge in [-0.15, -0.1) is 0 Å². The number of amides is 1. The maximum Gasteiger partial charge on any atom is 0.225 e. The Morgan fingerprint density at radius 2 is 2.15 bits per heavy atom. The first-order chi connectivity index (χ1) is 9.58. The molecule has 0 saturated heterocycles. The lowest BCUT2D eigenvalue weighted by atomic mass is 9.97. The molecule has 0 spiro atoms. The van der Waals surface area contributed by atoms with Crippen LogP contribution in [0.2, 0.25) is 5.02 Å². The molecule has 20 heavy (non-hydrogen) atoms. The van der Waals surface area contributed by atoms with Crippen molar-refractivity contribution in [1.82, 2.24) is 5.32 Å². The average Bonchev–Trinajstić information content (AvgIpc) is 2.88. The third-order valence-corrected chi connectivity index (χ3v) is 4.18. The van der Waals surface area contributed by atoms with Crippen LogP contribution in [-0.2, 0) is 11.2 Å². The minimum atomic E-state index is -0.219. The molecule has 110 valence electrons. The number of hydrogen-bond donors (Lipinski definition) is 2. The lowest BCUT2D eigenvalue weighted by molar-refractivity contribution is -0.122. The highest BCUT2D eigenvalue weighted by atomic mass is 35.5. The molecule has 4 nitrogen and oxygen atoms in total. The summed E-state index contributed by atoms with van der Waals surface area (Å²) in [6, 6.07) is 5.29. The lowest BCUT2D eigenvalue weighted by Gasteiger charge is -2.28. The number of benzene rings is 1. The van der Waals surface area contributed by atoms with Crippen molar-refractivity contribution in [3.8, 4) is 5.75 Å². The number of carbonyl (C=O) groups excluding carboxylic acids is 1. The van der Waals surface area contributed by atoms with Gasteiger partial charge in [0, 0.05) is 17.1 Å². The van der Waals surface area contributed by atoms with Crippen molar-refractivity contribution in [3.05, 3.63) is 28.8 Å². The molecule has 1 aliphatic rings. The molecule has 0 radical (unpaired) electrons. The molecule has 2 rings (SSSR count). The second-order valence-electron chi connectivity index (χ2n) is 5.37. The highest BCUT2D eigenvalue weighted by Crippen LogP contribution is 2.29. The van der Waals surface area contributed by atoms with E-state index in [-0.39, 0.29) is 17.9 Å². The average molecular weight is 297 g/mol. The van der Waals surface area contributed by atoms with Crippen LogP contribution < -0.4 is 15.8 Å². The van der Waals surface area contributed by atoms with Crippen LogP contribution in [-0.4, -0.2) is 25.1 Å². The summed E-state index contributed by atoms with van der Waals surface area (Å²) in [6.45, 7) is 0.491. The molecule has 0 bridgehead atoms. The predicted octanol–water partition coefficient (Wildman–Crippen LogP) is 2.28. The SMILES string of the molecule is COc1ccc(Cl)cc1CC(=O)NC1(CN)CCCC1. The van der Waals surface area contributed by atoms with E-state index in [4.69, 9.17) is 22.1 Å². The van der Waals surface area contributed by atoms with Crippen LogP contribution >= 0.6 is 11.6 Å². The summed E-state index contributed by atoms with van der Waals surface area (Å²) >= 11 is 5.97. The zero-order chi connectivity index (χ0) is 14.6. The van der Waals surface area contributed by atoms with E-state index in [1.165, 1.54) is 0 Å². The molecule has 0 aromatic heterocycles. The number of hydrogen-bond acceptors (Lipinski definition) is 3. The largest absolute Gasteiger partial charge is 0.496 e. The van der Waals surface area contributed by atoms with Gasteiger partial charge in [-0.2, -0.15) is 0 Å². The van der Waals surface area contributed by atoms with Crippen molar-refractivity contribution in [3.63, 3.8) is 0 Å². The minimum absolute atomic E-state index is 0.0297. The molecule has 1 aromatic carbocycles. The van der Waals surface area contributed by atoms with Crippen molar-refractivity contribution >= 4 is 17.5 Å². The summed E-state index contributed by atoms with van der Waals surface area (Å²) in [5.41, 5.74) is 6.40. The van der Waals surface area contributed by atoms with E-state index >= 15 is 0 Å². The number of carbonyl (C=O) groups is 1. The highest BCUT2D eigenvalue weighted by Gasteiger charge is 2.33. The molecule has 0 aliphatic heterocycles. The molecular formula is C15H21ClN2O2. The van der Waals surface area contributed by atoms with Gasteiger partial charge in [0.05, 0.1) is 19.1 Å². The molecule has 1 aromatic rings. The van der Waals surface area contributed by atoms with Crippen LogP contribution in [0.25, 0.3) is 0 Å². The van der Waals surface area contributed by atoms with E-state index in [9.17, 15) is 4.79 Å². The standard InChI is InChI=1S/C15H21ClN2O2/c1-20-13-5-4-12(16)8-11(13)9-14(19)18-15(10-17)6-2-3-7-15/h4-5,8H,2-3,6-7,9-10,17H2,1H3,(H,18,19). The molecule has 1 aliphatic carbocycles. The molecule has 5 heteroatoms. The molecular weight excluding hydrogens is 276 g/mol. The molecule has 1 amide bonds. The molecule has 0 unspecified atom stereocenters. The van der Waals surface area contributed by atoms with Gasteiger partial charge in [0.25, 0.3) is 0 Å². The van der Waals surface area contributed by atoms with Crippen LogP contribution in [0, 0.1) is 0 Å². The third-order valence-electron chi connectivity index (χ3n) is 3.95. The van der Waals surface area contributed by atoms with Gasteiger partial charge in [-0.3, -0.25) is 4.79 Å². The van der Waals surface area contributed by atoms with Gasteiger partial charge >= 0.3 is 0 Å². The van der Waals surface area contributed by atoms with E-state index in [2.05, 4.69) is 5.32 Å². The summed E-state index contributed by atoms with van der Waals surface area (Å²) in [7, 11) is 1.59. The van der Waals surface area contributed by atoms with Gasteiger partial charge < -0.3 is 15.8 Å². The fourth-order valence-electron chi connectivity index (χ4n) is 2.83. The molecule has 1 saturated carbocycles. The lowest BCUT2D eigenvalue weighted by Crippen LogP contribution is -2.52. The van der Waals surface area contributed by atoms with E-state index in [1.54, 1.807) is 25.3 Å². The van der Waals surface area contributed by atoms with Gasteiger partial charge in [-0.25, -0.2) is 0 Å². The quantitative estimate of drug-likeness (QED) is 0.876. The number of rotatable bonds is 5. The van der Waals surface area contributed by atoms with Gasteiger partial charge in [-0.05, 0) is 31.0 Å². The number of nitrogens with two attached hydrogens (primary N) is 1. The topological polar surface area (TPSA) is 64.3 Å². The highest BCUT2D eigenvalue weighted by molar-refractivity contribution is 6.30. The second kappa shape index (κ2) is 6.46. The van der Waals surface area contributed by atoms with Gasteiger partial charge in [0.15, 0.2) is 0 Å². The van der Waals surface area contributed by atoms with Crippen molar-refractivity contribution < 1.29 is 9.53 Å². The van der Waals surface area contributed by atoms with Crippen molar-refractivity contribution in [2.45, 2.75) is 37.6 Å². The first-order valence-corrected chi connectivity index (χ1v) is 7.30. The molecule has 0 atom stereocenters. The van der Waals surface area contributed by atoms with Crippen LogP contribution in [0.3, 0.4) is 0 Å². The van der Waals surface area contributed by atoms with Crippen LogP contribution in [0.5, 0.6) is 5.75 Å². The van der Waals surface area contributed by atoms with E-state index in [1.807, 2.05) is 0 Å². The van der Waals surface area contributed by atoms with Crippen LogP contribution in [0.4, 0.5) is 0 Å². The Balaban J connectivity index is 2.06. The second-order valence-corrected chi connectivity index (χ2v) is 5.81. The number of methoxy groups -OCH3 is 1. The molecule has 0 heterocycles. The smallest absolute Gasteiger partial charge is 0.225 e. The Hall–Kier alpha value is -1.26. The molecule has 1 fully saturated rings. The Morgan fingerprint density at radius 3 is 2.75 bits per heavy atom.